The lowest BCUT2D eigenvalue weighted by molar-refractivity contribution is -0.120. The third kappa shape index (κ3) is 4.88. The third-order valence-electron chi connectivity index (χ3n) is 4.60. The highest BCUT2D eigenvalue weighted by atomic mass is 35.5. The maximum Gasteiger partial charge on any atom is 0.410 e. The van der Waals surface area contributed by atoms with Crippen LogP contribution < -0.4 is 5.32 Å². The van der Waals surface area contributed by atoms with Crippen molar-refractivity contribution in [2.24, 2.45) is 0 Å². The van der Waals surface area contributed by atoms with Crippen LogP contribution in [0.25, 0.3) is 11.1 Å². The average molecular weight is 419 g/mol. The largest absolute Gasteiger partial charge is 0.444 e. The molecule has 7 heteroatoms. The van der Waals surface area contributed by atoms with Crippen LogP contribution in [0.2, 0.25) is 5.02 Å². The zero-order valence-corrected chi connectivity index (χ0v) is 17.4. The number of benzene rings is 2. The lowest BCUT2D eigenvalue weighted by Crippen LogP contribution is -2.45. The molecule has 1 unspecified atom stereocenters. The molecule has 0 aromatic heterocycles. The minimum atomic E-state index is -0.701. The summed E-state index contributed by atoms with van der Waals surface area (Å²) in [6, 6.07) is 11.0. The molecule has 2 aromatic carbocycles. The van der Waals surface area contributed by atoms with Gasteiger partial charge in [0.2, 0.25) is 5.91 Å². The summed E-state index contributed by atoms with van der Waals surface area (Å²) >= 11 is 6.19. The number of nitrogens with zero attached hydrogens (tertiary/aromatic N) is 1. The number of likely N-dealkylation sites (tertiary alicyclic amines) is 1. The quantitative estimate of drug-likeness (QED) is 0.717. The van der Waals surface area contributed by atoms with Crippen LogP contribution in [-0.4, -0.2) is 35.1 Å². The Bertz CT molecular complexity index is 927. The van der Waals surface area contributed by atoms with Crippen molar-refractivity contribution in [3.63, 3.8) is 0 Å². The van der Waals surface area contributed by atoms with Gasteiger partial charge in [0.15, 0.2) is 5.82 Å². The van der Waals surface area contributed by atoms with Crippen LogP contribution in [0.1, 0.15) is 33.6 Å². The summed E-state index contributed by atoms with van der Waals surface area (Å²) in [6.07, 6.45) is 0.636. The number of hydrogen-bond acceptors (Lipinski definition) is 3. The summed E-state index contributed by atoms with van der Waals surface area (Å²) < 4.78 is 20.5. The smallest absolute Gasteiger partial charge is 0.410 e. The first kappa shape index (κ1) is 21.1. The standard InChI is InChI=1S/C22H24ClFN2O3/c1-22(2,3)29-21(28)26-13-7-12-18(26)20(27)25-17-11-6-9-15(19(17)24)14-8-4-5-10-16(14)23/h4-6,8-11,18H,7,12-13H2,1-3H3,(H,25,27). The van der Waals surface area contributed by atoms with E-state index in [2.05, 4.69) is 5.32 Å². The fourth-order valence-corrected chi connectivity index (χ4v) is 3.55. The molecule has 1 saturated heterocycles. The van der Waals surface area contributed by atoms with Crippen molar-refractivity contribution < 1.29 is 18.7 Å². The van der Waals surface area contributed by atoms with E-state index in [4.69, 9.17) is 16.3 Å². The first-order valence-corrected chi connectivity index (χ1v) is 9.89. The molecular formula is C22H24ClFN2O3. The molecular weight excluding hydrogens is 395 g/mol. The maximum atomic E-state index is 15.1. The van der Waals surface area contributed by atoms with E-state index in [9.17, 15) is 9.59 Å². The van der Waals surface area contributed by atoms with Crippen LogP contribution in [0.15, 0.2) is 42.5 Å². The highest BCUT2D eigenvalue weighted by Crippen LogP contribution is 2.33. The van der Waals surface area contributed by atoms with Gasteiger partial charge in [-0.3, -0.25) is 9.69 Å². The summed E-state index contributed by atoms with van der Waals surface area (Å²) in [5.74, 6) is -1.01. The van der Waals surface area contributed by atoms with Gasteiger partial charge in [-0.05, 0) is 45.7 Å². The zero-order valence-electron chi connectivity index (χ0n) is 16.7. The van der Waals surface area contributed by atoms with Crippen molar-refractivity contribution in [1.29, 1.82) is 0 Å². The van der Waals surface area contributed by atoms with Crippen LogP contribution in [0.5, 0.6) is 0 Å². The molecule has 1 fully saturated rings. The minimum absolute atomic E-state index is 0.0449. The number of amides is 2. The van der Waals surface area contributed by atoms with Crippen LogP contribution >= 0.6 is 11.6 Å². The fourth-order valence-electron chi connectivity index (χ4n) is 3.31. The molecule has 2 aromatic rings. The van der Waals surface area contributed by atoms with Gasteiger partial charge in [0.1, 0.15) is 11.6 Å². The highest BCUT2D eigenvalue weighted by Gasteiger charge is 2.36. The molecule has 1 N–H and O–H groups in total. The van der Waals surface area contributed by atoms with E-state index in [0.717, 1.165) is 0 Å². The fraction of sp³-hybridized carbons (Fsp3) is 0.364. The Morgan fingerprint density at radius 1 is 1.14 bits per heavy atom. The van der Waals surface area contributed by atoms with Crippen LogP contribution in [0, 0.1) is 5.82 Å². The van der Waals surface area contributed by atoms with E-state index in [1.165, 1.54) is 11.0 Å². The summed E-state index contributed by atoms with van der Waals surface area (Å²) in [5, 5.41) is 3.04. The second-order valence-corrected chi connectivity index (χ2v) is 8.38. The summed E-state index contributed by atoms with van der Waals surface area (Å²) in [7, 11) is 0. The lowest BCUT2D eigenvalue weighted by atomic mass is 10.0. The predicted octanol–water partition coefficient (Wildman–Crippen LogP) is 5.48. The highest BCUT2D eigenvalue weighted by molar-refractivity contribution is 6.33. The zero-order chi connectivity index (χ0) is 21.2. The molecule has 29 heavy (non-hydrogen) atoms. The van der Waals surface area contributed by atoms with Crippen molar-refractivity contribution in [3.05, 3.63) is 53.3 Å². The topological polar surface area (TPSA) is 58.6 Å². The third-order valence-corrected chi connectivity index (χ3v) is 4.93. The number of ether oxygens (including phenoxy) is 1. The maximum absolute atomic E-state index is 15.1. The molecule has 0 saturated carbocycles. The molecule has 1 heterocycles. The number of nitrogens with one attached hydrogen (secondary N) is 1. The van der Waals surface area contributed by atoms with Crippen molar-refractivity contribution in [1.82, 2.24) is 4.90 Å². The molecule has 5 nitrogen and oxygen atoms in total. The van der Waals surface area contributed by atoms with E-state index >= 15 is 4.39 Å². The van der Waals surface area contributed by atoms with Gasteiger partial charge >= 0.3 is 6.09 Å². The second kappa shape index (κ2) is 8.41. The van der Waals surface area contributed by atoms with Gasteiger partial charge in [0.05, 0.1) is 5.69 Å². The summed E-state index contributed by atoms with van der Waals surface area (Å²) in [5.41, 5.74) is 0.224. The molecule has 1 atom stereocenters. The molecule has 1 aliphatic heterocycles. The molecule has 2 amide bonds. The first-order valence-electron chi connectivity index (χ1n) is 9.51. The Kier molecular flexibility index (Phi) is 6.13. The van der Waals surface area contributed by atoms with Gasteiger partial charge in [0, 0.05) is 22.7 Å². The Morgan fingerprint density at radius 2 is 1.83 bits per heavy atom. The number of anilines is 1. The van der Waals surface area contributed by atoms with Crippen molar-refractivity contribution in [3.8, 4) is 11.1 Å². The molecule has 154 valence electrons. The number of halogens is 2. The Morgan fingerprint density at radius 3 is 2.52 bits per heavy atom. The SMILES string of the molecule is CC(C)(C)OC(=O)N1CCCC1C(=O)Nc1cccc(-c2ccccc2Cl)c1F. The van der Waals surface area contributed by atoms with E-state index < -0.39 is 29.5 Å². The average Bonchev–Trinajstić information content (AvgIpc) is 3.13. The predicted molar refractivity (Wildman–Crippen MR) is 111 cm³/mol. The van der Waals surface area contributed by atoms with Gasteiger partial charge in [-0.2, -0.15) is 0 Å². The van der Waals surface area contributed by atoms with Gasteiger partial charge in [-0.25, -0.2) is 9.18 Å². The molecule has 0 aliphatic carbocycles. The van der Waals surface area contributed by atoms with Crippen LogP contribution in [-0.2, 0) is 9.53 Å². The van der Waals surface area contributed by atoms with Gasteiger partial charge < -0.3 is 10.1 Å². The molecule has 0 radical (unpaired) electrons. The number of hydrogen-bond donors (Lipinski definition) is 1. The number of carbonyl (C=O) groups is 2. The van der Waals surface area contributed by atoms with Crippen molar-refractivity contribution in [2.75, 3.05) is 11.9 Å². The summed E-state index contributed by atoms with van der Waals surface area (Å²) in [6.45, 7) is 5.73. The number of rotatable bonds is 3. The van der Waals surface area contributed by atoms with E-state index in [-0.39, 0.29) is 5.69 Å². The molecule has 0 bridgehead atoms. The first-order chi connectivity index (χ1) is 13.7. The van der Waals surface area contributed by atoms with Crippen molar-refractivity contribution >= 4 is 29.3 Å². The minimum Gasteiger partial charge on any atom is -0.444 e. The van der Waals surface area contributed by atoms with E-state index in [1.807, 2.05) is 0 Å². The van der Waals surface area contributed by atoms with Crippen LogP contribution in [0.4, 0.5) is 14.9 Å². The summed E-state index contributed by atoms with van der Waals surface area (Å²) in [4.78, 5) is 26.6. The van der Waals surface area contributed by atoms with Gasteiger partial charge in [-0.15, -0.1) is 0 Å². The number of carbonyl (C=O) groups excluding carboxylic acids is 2. The molecule has 1 aliphatic rings. The second-order valence-electron chi connectivity index (χ2n) is 7.97. The van der Waals surface area contributed by atoms with Crippen LogP contribution in [0.3, 0.4) is 0 Å². The Labute approximate surface area is 174 Å². The van der Waals surface area contributed by atoms with Gasteiger partial charge in [0.25, 0.3) is 0 Å². The van der Waals surface area contributed by atoms with Gasteiger partial charge in [-0.1, -0.05) is 41.9 Å². The van der Waals surface area contributed by atoms with Crippen molar-refractivity contribution in [2.45, 2.75) is 45.3 Å². The molecule has 3 rings (SSSR count). The Hall–Kier alpha value is -2.60. The Balaban J connectivity index is 1.80. The van der Waals surface area contributed by atoms with E-state index in [0.29, 0.717) is 35.5 Å². The molecule has 0 spiro atoms. The monoisotopic (exact) mass is 418 g/mol. The normalized spacial score (nSPS) is 16.6. The lowest BCUT2D eigenvalue weighted by Gasteiger charge is -2.28. The van der Waals surface area contributed by atoms with E-state index in [1.54, 1.807) is 57.2 Å².